The van der Waals surface area contributed by atoms with Crippen LogP contribution < -0.4 is 5.14 Å². The average Bonchev–Trinajstić information content (AvgIpc) is 1.88. The molecule has 1 nitrogen and oxygen atoms in total. The number of nitrogens with two attached hydrogens (primary N) is 1. The summed E-state index contributed by atoms with van der Waals surface area (Å²) >= 11 is 0.929. The van der Waals surface area contributed by atoms with E-state index >= 15 is 0 Å². The van der Waals surface area contributed by atoms with Crippen LogP contribution in [0.3, 0.4) is 0 Å². The zero-order valence-electron chi connectivity index (χ0n) is 5.60. The van der Waals surface area contributed by atoms with Crippen molar-refractivity contribution in [2.24, 2.45) is 5.14 Å². The van der Waals surface area contributed by atoms with Gasteiger partial charge in [-0.05, 0) is 36.6 Å². The Morgan fingerprint density at radius 2 is 2.20 bits per heavy atom. The van der Waals surface area contributed by atoms with Crippen LogP contribution in [0.2, 0.25) is 0 Å². The van der Waals surface area contributed by atoms with E-state index in [2.05, 4.69) is 0 Å². The third kappa shape index (κ3) is 1.49. The first-order valence-electron chi connectivity index (χ1n) is 2.87. The molecule has 0 aromatic heterocycles. The molecule has 1 aromatic carbocycles. The Morgan fingerprint density at radius 3 is 2.70 bits per heavy atom. The van der Waals surface area contributed by atoms with Gasteiger partial charge in [-0.2, -0.15) is 0 Å². The zero-order valence-corrected chi connectivity index (χ0v) is 6.41. The Kier molecular flexibility index (Phi) is 2.29. The summed E-state index contributed by atoms with van der Waals surface area (Å²) in [5, 5.41) is 5.18. The molecular formula is C7H8FNS. The van der Waals surface area contributed by atoms with Gasteiger partial charge in [-0.15, -0.1) is 0 Å². The highest BCUT2D eigenvalue weighted by Crippen LogP contribution is 2.16. The van der Waals surface area contributed by atoms with Crippen molar-refractivity contribution >= 4 is 11.9 Å². The molecule has 1 rings (SSSR count). The van der Waals surface area contributed by atoms with Crippen LogP contribution in [0, 0.1) is 12.7 Å². The van der Waals surface area contributed by atoms with Crippen LogP contribution in [0.1, 0.15) is 5.56 Å². The summed E-state index contributed by atoms with van der Waals surface area (Å²) in [5.74, 6) is -0.243. The van der Waals surface area contributed by atoms with Crippen molar-refractivity contribution in [2.45, 2.75) is 11.8 Å². The second kappa shape index (κ2) is 3.03. The van der Waals surface area contributed by atoms with Gasteiger partial charge in [0.15, 0.2) is 0 Å². The molecule has 0 saturated heterocycles. The van der Waals surface area contributed by atoms with Crippen LogP contribution in [0.5, 0.6) is 0 Å². The van der Waals surface area contributed by atoms with Gasteiger partial charge in [-0.1, -0.05) is 6.07 Å². The lowest BCUT2D eigenvalue weighted by atomic mass is 10.2. The van der Waals surface area contributed by atoms with Crippen molar-refractivity contribution in [3.8, 4) is 0 Å². The molecule has 3 heteroatoms. The largest absolute Gasteiger partial charge is 0.274 e. The highest BCUT2D eigenvalue weighted by Gasteiger charge is 1.98. The third-order valence-corrected chi connectivity index (χ3v) is 1.80. The maximum absolute atomic E-state index is 12.7. The van der Waals surface area contributed by atoms with Crippen molar-refractivity contribution < 1.29 is 4.39 Å². The molecule has 0 fully saturated rings. The van der Waals surface area contributed by atoms with E-state index in [9.17, 15) is 4.39 Å². The monoisotopic (exact) mass is 157 g/mol. The van der Waals surface area contributed by atoms with E-state index in [1.165, 1.54) is 6.07 Å². The van der Waals surface area contributed by atoms with Crippen LogP contribution in [0.15, 0.2) is 23.1 Å². The van der Waals surface area contributed by atoms with Gasteiger partial charge in [-0.25, -0.2) is 4.39 Å². The molecule has 10 heavy (non-hydrogen) atoms. The van der Waals surface area contributed by atoms with E-state index in [4.69, 9.17) is 5.14 Å². The number of rotatable bonds is 1. The van der Waals surface area contributed by atoms with Crippen LogP contribution in [0.4, 0.5) is 4.39 Å². The third-order valence-electron chi connectivity index (χ3n) is 1.21. The number of benzene rings is 1. The second-order valence-corrected chi connectivity index (χ2v) is 2.73. The Hall–Kier alpha value is -0.540. The first kappa shape index (κ1) is 7.57. The first-order chi connectivity index (χ1) is 4.74. The molecule has 0 atom stereocenters. The first-order valence-corrected chi connectivity index (χ1v) is 3.75. The molecule has 0 aliphatic rings. The minimum Gasteiger partial charge on any atom is -0.274 e. The van der Waals surface area contributed by atoms with Gasteiger partial charge < -0.3 is 0 Å². The highest BCUT2D eigenvalue weighted by molar-refractivity contribution is 7.97. The quantitative estimate of drug-likeness (QED) is 0.632. The van der Waals surface area contributed by atoms with E-state index < -0.39 is 0 Å². The predicted octanol–water partition coefficient (Wildman–Crippen LogP) is 2.10. The van der Waals surface area contributed by atoms with Gasteiger partial charge >= 0.3 is 0 Å². The van der Waals surface area contributed by atoms with E-state index in [1.54, 1.807) is 6.07 Å². The van der Waals surface area contributed by atoms with E-state index in [0.29, 0.717) is 4.90 Å². The molecule has 0 unspecified atom stereocenters. The minimum absolute atomic E-state index is 0.243. The molecule has 0 aliphatic heterocycles. The van der Waals surface area contributed by atoms with Crippen LogP contribution in [-0.2, 0) is 0 Å². The molecule has 0 spiro atoms. The molecule has 0 heterocycles. The second-order valence-electron chi connectivity index (χ2n) is 2.05. The minimum atomic E-state index is -0.243. The smallest absolute Gasteiger partial charge is 0.138 e. The lowest BCUT2D eigenvalue weighted by Crippen LogP contribution is -1.85. The normalized spacial score (nSPS) is 9.90. The fourth-order valence-electron chi connectivity index (χ4n) is 0.701. The van der Waals surface area contributed by atoms with Crippen LogP contribution in [0.25, 0.3) is 0 Å². The summed E-state index contributed by atoms with van der Waals surface area (Å²) in [5.41, 5.74) is 0.912. The van der Waals surface area contributed by atoms with Gasteiger partial charge in [0, 0.05) is 0 Å². The van der Waals surface area contributed by atoms with Crippen LogP contribution in [-0.4, -0.2) is 0 Å². The fraction of sp³-hybridized carbons (Fsp3) is 0.143. The summed E-state index contributed by atoms with van der Waals surface area (Å²) in [6.07, 6.45) is 0. The average molecular weight is 157 g/mol. The number of halogens is 1. The van der Waals surface area contributed by atoms with E-state index in [0.717, 1.165) is 17.5 Å². The number of hydrogen-bond acceptors (Lipinski definition) is 2. The summed E-state index contributed by atoms with van der Waals surface area (Å²) in [6.45, 7) is 1.84. The van der Waals surface area contributed by atoms with Gasteiger partial charge in [-0.3, -0.25) is 5.14 Å². The van der Waals surface area contributed by atoms with Crippen LogP contribution >= 0.6 is 11.9 Å². The van der Waals surface area contributed by atoms with Crippen molar-refractivity contribution in [3.05, 3.63) is 29.6 Å². The Bertz CT molecular complexity index is 237. The molecule has 0 saturated carbocycles. The van der Waals surface area contributed by atoms with Crippen molar-refractivity contribution in [3.63, 3.8) is 0 Å². The molecule has 54 valence electrons. The summed E-state index contributed by atoms with van der Waals surface area (Å²) in [7, 11) is 0. The van der Waals surface area contributed by atoms with Gasteiger partial charge in [0.1, 0.15) is 5.82 Å². The van der Waals surface area contributed by atoms with Crippen molar-refractivity contribution in [1.29, 1.82) is 0 Å². The Morgan fingerprint density at radius 1 is 1.50 bits per heavy atom. The molecular weight excluding hydrogens is 149 g/mol. The standard InChI is InChI=1S/C7H8FNS/c1-5-2-3-7(10-9)6(8)4-5/h2-4H,9H2,1H3. The van der Waals surface area contributed by atoms with E-state index in [1.807, 2.05) is 13.0 Å². The molecule has 0 amide bonds. The fourth-order valence-corrected chi connectivity index (χ4v) is 1.02. The molecule has 0 radical (unpaired) electrons. The molecule has 0 bridgehead atoms. The van der Waals surface area contributed by atoms with Gasteiger partial charge in [0.25, 0.3) is 0 Å². The lowest BCUT2D eigenvalue weighted by molar-refractivity contribution is 0.601. The zero-order chi connectivity index (χ0) is 7.56. The van der Waals surface area contributed by atoms with E-state index in [-0.39, 0.29) is 5.82 Å². The topological polar surface area (TPSA) is 26.0 Å². The molecule has 0 aliphatic carbocycles. The van der Waals surface area contributed by atoms with Crippen molar-refractivity contribution in [1.82, 2.24) is 0 Å². The maximum atomic E-state index is 12.7. The van der Waals surface area contributed by atoms with Gasteiger partial charge in [0.2, 0.25) is 0 Å². The predicted molar refractivity (Wildman–Crippen MR) is 41.2 cm³/mol. The molecule has 1 aromatic rings. The summed E-state index contributed by atoms with van der Waals surface area (Å²) < 4.78 is 12.7. The Labute approximate surface area is 63.6 Å². The van der Waals surface area contributed by atoms with Crippen molar-refractivity contribution in [2.75, 3.05) is 0 Å². The molecule has 2 N–H and O–H groups in total. The summed E-state index contributed by atoms with van der Waals surface area (Å²) in [6, 6.07) is 4.97. The maximum Gasteiger partial charge on any atom is 0.138 e. The van der Waals surface area contributed by atoms with Gasteiger partial charge in [0.05, 0.1) is 4.90 Å². The lowest BCUT2D eigenvalue weighted by Gasteiger charge is -1.97. The SMILES string of the molecule is Cc1ccc(SN)c(F)c1. The number of hydrogen-bond donors (Lipinski definition) is 1. The number of aryl methyl sites for hydroxylation is 1. The Balaban J connectivity index is 3.07. The highest BCUT2D eigenvalue weighted by atomic mass is 32.2. The summed E-state index contributed by atoms with van der Waals surface area (Å²) in [4.78, 5) is 0.491.